The Bertz CT molecular complexity index is 2840. The van der Waals surface area contributed by atoms with E-state index in [1.807, 2.05) is 91.0 Å². The maximum atomic E-state index is 12.3. The molecule has 0 atom stereocenters. The van der Waals surface area contributed by atoms with Gasteiger partial charge in [-0.3, -0.25) is 14.4 Å². The first-order valence-electron chi connectivity index (χ1n) is 25.5. The summed E-state index contributed by atoms with van der Waals surface area (Å²) in [5, 5.41) is 3.18. The standard InChI is InChI=1S/3C21H23NO.Ir/c3*1-2-3-4-5-8-16-11-13-17(14-12-16)19-15-18-9-6-7-10-20(18)22-21(19)23;/h3*6-7,9-15H,2-5,8H2,1H3,(H,22,23);. The SMILES string of the molecule is CCCCCCc1ccc(-c2cc3ccccc3[nH]c2=O)cc1.CCCCCCc1ccc(-c2cc3ccccc3[nH]c2=O)cc1.CCCCCCc1ccc(-c2cc3ccccc3[nH]c2=O)cc1.[Ir]. The number of pyridine rings is 3. The van der Waals surface area contributed by atoms with Crippen molar-refractivity contribution < 1.29 is 20.1 Å². The van der Waals surface area contributed by atoms with E-state index in [1.165, 1.54) is 93.7 Å². The van der Waals surface area contributed by atoms with Gasteiger partial charge in [-0.1, -0.05) is 206 Å². The summed E-state index contributed by atoms with van der Waals surface area (Å²) in [6, 6.07) is 54.8. The summed E-state index contributed by atoms with van der Waals surface area (Å²) in [5.74, 6) is 0. The third kappa shape index (κ3) is 15.0. The van der Waals surface area contributed by atoms with Gasteiger partial charge >= 0.3 is 0 Å². The molecule has 0 fully saturated rings. The van der Waals surface area contributed by atoms with E-state index in [-0.39, 0.29) is 36.8 Å². The molecular formula is C63H69IrN3O3. The molecule has 3 aromatic heterocycles. The Morgan fingerprint density at radius 3 is 0.829 bits per heavy atom. The van der Waals surface area contributed by atoms with Gasteiger partial charge in [0, 0.05) is 53.3 Å². The summed E-state index contributed by atoms with van der Waals surface area (Å²) in [4.78, 5) is 45.8. The van der Waals surface area contributed by atoms with Crippen molar-refractivity contribution in [3.8, 4) is 33.4 Å². The van der Waals surface area contributed by atoms with E-state index in [1.54, 1.807) is 0 Å². The van der Waals surface area contributed by atoms with Crippen LogP contribution in [0.2, 0.25) is 0 Å². The van der Waals surface area contributed by atoms with Crippen molar-refractivity contribution in [2.45, 2.75) is 117 Å². The summed E-state index contributed by atoms with van der Waals surface area (Å²) < 4.78 is 0. The first-order valence-corrected chi connectivity index (χ1v) is 25.5. The molecule has 0 aliphatic rings. The van der Waals surface area contributed by atoms with Crippen LogP contribution in [0.5, 0.6) is 0 Å². The second-order valence-corrected chi connectivity index (χ2v) is 18.3. The number of hydrogen-bond donors (Lipinski definition) is 3. The van der Waals surface area contributed by atoms with Crippen LogP contribution in [0.15, 0.2) is 178 Å². The molecule has 70 heavy (non-hydrogen) atoms. The average molecular weight is 1110 g/mol. The largest absolute Gasteiger partial charge is 0.321 e. The zero-order valence-electron chi connectivity index (χ0n) is 41.3. The fourth-order valence-electron chi connectivity index (χ4n) is 8.91. The summed E-state index contributed by atoms with van der Waals surface area (Å²) >= 11 is 0. The van der Waals surface area contributed by atoms with Crippen LogP contribution >= 0.6 is 0 Å². The minimum Gasteiger partial charge on any atom is -0.321 e. The van der Waals surface area contributed by atoms with Crippen molar-refractivity contribution in [2.75, 3.05) is 0 Å². The maximum Gasteiger partial charge on any atom is 0.256 e. The molecule has 0 unspecified atom stereocenters. The third-order valence-electron chi connectivity index (χ3n) is 13.0. The van der Waals surface area contributed by atoms with Crippen LogP contribution in [0.25, 0.3) is 66.1 Å². The molecule has 0 aliphatic carbocycles. The van der Waals surface area contributed by atoms with Crippen molar-refractivity contribution in [1.82, 2.24) is 15.0 Å². The quantitative estimate of drug-likeness (QED) is 0.0747. The van der Waals surface area contributed by atoms with Gasteiger partial charge in [-0.05, 0) is 124 Å². The second-order valence-electron chi connectivity index (χ2n) is 18.3. The van der Waals surface area contributed by atoms with Gasteiger partial charge in [-0.15, -0.1) is 0 Å². The van der Waals surface area contributed by atoms with E-state index < -0.39 is 0 Å². The van der Waals surface area contributed by atoms with Gasteiger partial charge < -0.3 is 15.0 Å². The molecule has 0 amide bonds. The number of aromatic nitrogens is 3. The van der Waals surface area contributed by atoms with Crippen molar-refractivity contribution in [2.24, 2.45) is 0 Å². The summed E-state index contributed by atoms with van der Waals surface area (Å²) in [5.41, 5.74) is 11.8. The molecule has 1 radical (unpaired) electrons. The number of aromatic amines is 3. The number of H-pyrrole nitrogens is 3. The van der Waals surface area contributed by atoms with Crippen LogP contribution in [0.3, 0.4) is 0 Å². The molecular weight excluding hydrogens is 1040 g/mol. The van der Waals surface area contributed by atoms with E-state index in [0.29, 0.717) is 0 Å². The molecule has 0 saturated carbocycles. The molecule has 3 N–H and O–H groups in total. The number of fused-ring (bicyclic) bond motifs is 3. The number of nitrogens with one attached hydrogen (secondary N) is 3. The molecule has 0 saturated heterocycles. The number of para-hydroxylation sites is 3. The number of hydrogen-bond acceptors (Lipinski definition) is 3. The van der Waals surface area contributed by atoms with Crippen molar-refractivity contribution >= 4 is 32.7 Å². The van der Waals surface area contributed by atoms with Crippen LogP contribution in [0, 0.1) is 0 Å². The maximum absolute atomic E-state index is 12.3. The molecule has 0 aliphatic heterocycles. The fraction of sp³-hybridized carbons (Fsp3) is 0.286. The third-order valence-corrected chi connectivity index (χ3v) is 13.0. The van der Waals surface area contributed by atoms with Gasteiger partial charge in [0.1, 0.15) is 0 Å². The van der Waals surface area contributed by atoms with E-state index in [4.69, 9.17) is 0 Å². The van der Waals surface area contributed by atoms with E-state index in [9.17, 15) is 14.4 Å². The van der Waals surface area contributed by atoms with Gasteiger partial charge in [-0.2, -0.15) is 0 Å². The van der Waals surface area contributed by atoms with Crippen molar-refractivity contribution in [3.63, 3.8) is 0 Å². The Balaban J connectivity index is 0.000000171. The predicted molar refractivity (Wildman–Crippen MR) is 294 cm³/mol. The Morgan fingerprint density at radius 1 is 0.314 bits per heavy atom. The van der Waals surface area contributed by atoms with Gasteiger partial charge in [0.15, 0.2) is 0 Å². The molecule has 3 heterocycles. The van der Waals surface area contributed by atoms with Crippen LogP contribution in [0.4, 0.5) is 0 Å². The van der Waals surface area contributed by atoms with Gasteiger partial charge in [-0.25, -0.2) is 0 Å². The van der Waals surface area contributed by atoms with E-state index >= 15 is 0 Å². The number of benzene rings is 6. The van der Waals surface area contributed by atoms with Crippen LogP contribution < -0.4 is 16.7 Å². The monoisotopic (exact) mass is 1110 g/mol. The van der Waals surface area contributed by atoms with Gasteiger partial charge in [0.2, 0.25) is 0 Å². The number of rotatable bonds is 18. The zero-order valence-corrected chi connectivity index (χ0v) is 43.6. The summed E-state index contributed by atoms with van der Waals surface area (Å²) in [6.07, 6.45) is 18.7. The Hall–Kier alpha value is -6.40. The first-order chi connectivity index (χ1) is 33.8. The van der Waals surface area contributed by atoms with Crippen molar-refractivity contribution in [3.05, 3.63) is 212 Å². The van der Waals surface area contributed by atoms with E-state index in [0.717, 1.165) is 85.4 Å². The van der Waals surface area contributed by atoms with Gasteiger partial charge in [0.25, 0.3) is 16.7 Å². The van der Waals surface area contributed by atoms with E-state index in [2.05, 4.69) is 109 Å². The topological polar surface area (TPSA) is 98.6 Å². The summed E-state index contributed by atoms with van der Waals surface area (Å²) in [6.45, 7) is 6.70. The van der Waals surface area contributed by atoms with Crippen LogP contribution in [-0.2, 0) is 39.4 Å². The molecule has 9 rings (SSSR count). The van der Waals surface area contributed by atoms with Crippen LogP contribution in [-0.4, -0.2) is 15.0 Å². The number of unbranched alkanes of at least 4 members (excludes halogenated alkanes) is 9. The minimum atomic E-state index is -0.0283. The Morgan fingerprint density at radius 2 is 0.571 bits per heavy atom. The molecule has 7 heteroatoms. The molecule has 0 bridgehead atoms. The van der Waals surface area contributed by atoms with Crippen molar-refractivity contribution in [1.29, 1.82) is 0 Å². The smallest absolute Gasteiger partial charge is 0.256 e. The average Bonchev–Trinajstić information content (AvgIpc) is 3.38. The minimum absolute atomic E-state index is 0. The normalized spacial score (nSPS) is 10.8. The number of aryl methyl sites for hydroxylation is 3. The molecule has 9 aromatic rings. The Labute approximate surface area is 427 Å². The first kappa shape index (κ1) is 53.0. The zero-order chi connectivity index (χ0) is 48.2. The molecule has 363 valence electrons. The van der Waals surface area contributed by atoms with Gasteiger partial charge in [0.05, 0.1) is 0 Å². The molecule has 6 aromatic carbocycles. The van der Waals surface area contributed by atoms with Crippen LogP contribution in [0.1, 0.15) is 115 Å². The predicted octanol–water partition coefficient (Wildman–Crippen LogP) is 16.0. The second kappa shape index (κ2) is 27.7. The molecule has 0 spiro atoms. The Kier molecular flexibility index (Phi) is 21.0. The molecule has 6 nitrogen and oxygen atoms in total. The summed E-state index contributed by atoms with van der Waals surface area (Å²) in [7, 11) is 0. The fourth-order valence-corrected chi connectivity index (χ4v) is 8.91.